The third kappa shape index (κ3) is 3.42. The molecule has 0 radical (unpaired) electrons. The summed E-state index contributed by atoms with van der Waals surface area (Å²) in [5.41, 5.74) is 2.96. The fourth-order valence-corrected chi connectivity index (χ4v) is 2.43. The quantitative estimate of drug-likeness (QED) is 0.919. The summed E-state index contributed by atoms with van der Waals surface area (Å²) in [5.74, 6) is 1.48. The molecule has 1 heterocycles. The second kappa shape index (κ2) is 6.43. The van der Waals surface area contributed by atoms with Crippen molar-refractivity contribution in [3.05, 3.63) is 41.1 Å². The number of aryl methyl sites for hydroxylation is 2. The fourth-order valence-electron chi connectivity index (χ4n) is 2.43. The van der Waals surface area contributed by atoms with Gasteiger partial charge in [-0.2, -0.15) is 5.10 Å². The topological polar surface area (TPSA) is 56.2 Å². The minimum absolute atomic E-state index is 0.0547. The molecular formula is C16H21N3O2. The molecule has 1 N–H and O–H groups in total. The predicted molar refractivity (Wildman–Crippen MR) is 82.7 cm³/mol. The number of rotatable bonds is 5. The van der Waals surface area contributed by atoms with Crippen molar-refractivity contribution < 1.29 is 9.53 Å². The standard InChI is InChI=1S/C16H21N3O2/c1-5-14-11(2)18-19(3)16(14)17-15(20)10-12-7-6-8-13(9-12)21-4/h6-9H,5,10H2,1-4H3,(H,17,20). The highest BCUT2D eigenvalue weighted by molar-refractivity contribution is 5.92. The Balaban J connectivity index is 2.11. The molecule has 0 atom stereocenters. The van der Waals surface area contributed by atoms with Gasteiger partial charge in [-0.3, -0.25) is 9.48 Å². The summed E-state index contributed by atoms with van der Waals surface area (Å²) >= 11 is 0. The number of carbonyl (C=O) groups excluding carboxylic acids is 1. The van der Waals surface area contributed by atoms with Crippen LogP contribution in [0.4, 0.5) is 5.82 Å². The minimum atomic E-state index is -0.0547. The molecule has 0 saturated heterocycles. The minimum Gasteiger partial charge on any atom is -0.497 e. The summed E-state index contributed by atoms with van der Waals surface area (Å²) in [6.07, 6.45) is 1.15. The third-order valence-electron chi connectivity index (χ3n) is 3.46. The second-order valence-electron chi connectivity index (χ2n) is 4.97. The Kier molecular flexibility index (Phi) is 4.62. The summed E-state index contributed by atoms with van der Waals surface area (Å²) in [6.45, 7) is 4.01. The van der Waals surface area contributed by atoms with Crippen LogP contribution in [-0.2, 0) is 24.7 Å². The van der Waals surface area contributed by atoms with Gasteiger partial charge in [-0.25, -0.2) is 0 Å². The highest BCUT2D eigenvalue weighted by atomic mass is 16.5. The number of amides is 1. The third-order valence-corrected chi connectivity index (χ3v) is 3.46. The lowest BCUT2D eigenvalue weighted by Gasteiger charge is -2.08. The van der Waals surface area contributed by atoms with Crippen molar-refractivity contribution in [2.75, 3.05) is 12.4 Å². The second-order valence-corrected chi connectivity index (χ2v) is 4.97. The SMILES string of the molecule is CCc1c(C)nn(C)c1NC(=O)Cc1cccc(OC)c1. The molecule has 112 valence electrons. The average molecular weight is 287 g/mol. The van der Waals surface area contributed by atoms with Gasteiger partial charge in [-0.15, -0.1) is 0 Å². The maximum Gasteiger partial charge on any atom is 0.229 e. The van der Waals surface area contributed by atoms with Crippen LogP contribution in [0.1, 0.15) is 23.7 Å². The lowest BCUT2D eigenvalue weighted by atomic mass is 10.1. The van der Waals surface area contributed by atoms with Gasteiger partial charge in [0.05, 0.1) is 19.2 Å². The summed E-state index contributed by atoms with van der Waals surface area (Å²) in [7, 11) is 3.46. The van der Waals surface area contributed by atoms with Gasteiger partial charge < -0.3 is 10.1 Å². The van der Waals surface area contributed by atoms with Gasteiger partial charge in [0.15, 0.2) is 0 Å². The van der Waals surface area contributed by atoms with E-state index in [4.69, 9.17) is 4.74 Å². The Morgan fingerprint density at radius 1 is 1.43 bits per heavy atom. The number of nitrogens with zero attached hydrogens (tertiary/aromatic N) is 2. The lowest BCUT2D eigenvalue weighted by Crippen LogP contribution is -2.17. The summed E-state index contributed by atoms with van der Waals surface area (Å²) < 4.78 is 6.89. The first kappa shape index (κ1) is 15.1. The molecule has 0 fully saturated rings. The first-order chi connectivity index (χ1) is 10.0. The summed E-state index contributed by atoms with van der Waals surface area (Å²) in [5, 5.41) is 7.31. The van der Waals surface area contributed by atoms with Gasteiger partial charge in [0.2, 0.25) is 5.91 Å². The number of aromatic nitrogens is 2. The molecule has 0 aliphatic rings. The van der Waals surface area contributed by atoms with Crippen LogP contribution in [0.25, 0.3) is 0 Å². The first-order valence-electron chi connectivity index (χ1n) is 7.00. The van der Waals surface area contributed by atoms with E-state index in [-0.39, 0.29) is 5.91 Å². The first-order valence-corrected chi connectivity index (χ1v) is 7.00. The zero-order valence-electron chi connectivity index (χ0n) is 12.9. The van der Waals surface area contributed by atoms with Crippen LogP contribution in [0, 0.1) is 6.92 Å². The van der Waals surface area contributed by atoms with E-state index in [1.165, 1.54) is 0 Å². The normalized spacial score (nSPS) is 10.5. The summed E-state index contributed by atoms with van der Waals surface area (Å²) in [4.78, 5) is 12.2. The number of methoxy groups -OCH3 is 1. The van der Waals surface area contributed by atoms with Crippen LogP contribution >= 0.6 is 0 Å². The number of nitrogens with one attached hydrogen (secondary N) is 1. The van der Waals surface area contributed by atoms with Crippen molar-refractivity contribution in [3.63, 3.8) is 0 Å². The number of ether oxygens (including phenoxy) is 1. The number of anilines is 1. The summed E-state index contributed by atoms with van der Waals surface area (Å²) in [6, 6.07) is 7.53. The van der Waals surface area contributed by atoms with Gasteiger partial charge >= 0.3 is 0 Å². The molecule has 0 spiro atoms. The molecule has 0 bridgehead atoms. The van der Waals surface area contributed by atoms with Gasteiger partial charge in [0, 0.05) is 12.6 Å². The predicted octanol–water partition coefficient (Wildman–Crippen LogP) is 2.48. The van der Waals surface area contributed by atoms with E-state index in [2.05, 4.69) is 17.3 Å². The molecule has 0 aliphatic heterocycles. The van der Waals surface area contributed by atoms with Crippen LogP contribution in [-0.4, -0.2) is 22.8 Å². The highest BCUT2D eigenvalue weighted by Crippen LogP contribution is 2.20. The molecular weight excluding hydrogens is 266 g/mol. The molecule has 5 heteroatoms. The molecule has 21 heavy (non-hydrogen) atoms. The largest absolute Gasteiger partial charge is 0.497 e. The Bertz CT molecular complexity index is 647. The molecule has 0 saturated carbocycles. The van der Waals surface area contributed by atoms with Crippen molar-refractivity contribution in [2.45, 2.75) is 26.7 Å². The van der Waals surface area contributed by atoms with Gasteiger partial charge in [0.1, 0.15) is 11.6 Å². The number of hydrogen-bond acceptors (Lipinski definition) is 3. The molecule has 0 aliphatic carbocycles. The highest BCUT2D eigenvalue weighted by Gasteiger charge is 2.14. The van der Waals surface area contributed by atoms with E-state index >= 15 is 0 Å². The molecule has 5 nitrogen and oxygen atoms in total. The average Bonchev–Trinajstić information content (AvgIpc) is 2.72. The van der Waals surface area contributed by atoms with Crippen molar-refractivity contribution in [2.24, 2.45) is 7.05 Å². The van der Waals surface area contributed by atoms with Crippen molar-refractivity contribution in [3.8, 4) is 5.75 Å². The Labute approximate surface area is 124 Å². The zero-order chi connectivity index (χ0) is 15.4. The lowest BCUT2D eigenvalue weighted by molar-refractivity contribution is -0.115. The maximum atomic E-state index is 12.2. The Morgan fingerprint density at radius 2 is 2.19 bits per heavy atom. The van der Waals surface area contributed by atoms with Crippen LogP contribution in [0.5, 0.6) is 5.75 Å². The molecule has 2 aromatic rings. The van der Waals surface area contributed by atoms with Crippen LogP contribution < -0.4 is 10.1 Å². The van der Waals surface area contributed by atoms with Gasteiger partial charge in [0.25, 0.3) is 0 Å². The molecule has 2 rings (SSSR count). The number of carbonyl (C=O) groups is 1. The smallest absolute Gasteiger partial charge is 0.229 e. The van der Waals surface area contributed by atoms with E-state index in [0.717, 1.165) is 34.8 Å². The monoisotopic (exact) mass is 287 g/mol. The molecule has 1 amide bonds. The number of hydrogen-bond donors (Lipinski definition) is 1. The zero-order valence-corrected chi connectivity index (χ0v) is 12.9. The fraction of sp³-hybridized carbons (Fsp3) is 0.375. The Hall–Kier alpha value is -2.30. The van der Waals surface area contributed by atoms with E-state index in [1.807, 2.05) is 38.2 Å². The van der Waals surface area contributed by atoms with Gasteiger partial charge in [-0.05, 0) is 31.0 Å². The van der Waals surface area contributed by atoms with E-state index < -0.39 is 0 Å². The van der Waals surface area contributed by atoms with Crippen LogP contribution in [0.2, 0.25) is 0 Å². The van der Waals surface area contributed by atoms with E-state index in [0.29, 0.717) is 6.42 Å². The van der Waals surface area contributed by atoms with E-state index in [1.54, 1.807) is 11.8 Å². The maximum absolute atomic E-state index is 12.2. The molecule has 0 unspecified atom stereocenters. The van der Waals surface area contributed by atoms with Crippen molar-refractivity contribution >= 4 is 11.7 Å². The van der Waals surface area contributed by atoms with Crippen LogP contribution in [0.3, 0.4) is 0 Å². The van der Waals surface area contributed by atoms with Crippen molar-refractivity contribution in [1.82, 2.24) is 9.78 Å². The van der Waals surface area contributed by atoms with Gasteiger partial charge in [-0.1, -0.05) is 19.1 Å². The Morgan fingerprint density at radius 3 is 2.86 bits per heavy atom. The number of benzene rings is 1. The van der Waals surface area contributed by atoms with Crippen LogP contribution in [0.15, 0.2) is 24.3 Å². The van der Waals surface area contributed by atoms with Crippen molar-refractivity contribution in [1.29, 1.82) is 0 Å². The molecule has 1 aromatic heterocycles. The van der Waals surface area contributed by atoms with E-state index in [9.17, 15) is 4.79 Å². The molecule has 1 aromatic carbocycles.